The van der Waals surface area contributed by atoms with Gasteiger partial charge in [-0.15, -0.1) is 0 Å². The monoisotopic (exact) mass is 251 g/mol. The Morgan fingerprint density at radius 2 is 1.94 bits per heavy atom. The highest BCUT2D eigenvalue weighted by molar-refractivity contribution is 5.94. The molecule has 0 heterocycles. The first-order valence-corrected chi connectivity index (χ1v) is 6.36. The van der Waals surface area contributed by atoms with Gasteiger partial charge < -0.3 is 4.90 Å². The van der Waals surface area contributed by atoms with E-state index in [1.54, 1.807) is 24.1 Å². The lowest BCUT2D eigenvalue weighted by Crippen LogP contribution is -2.36. The minimum atomic E-state index is -0.450. The van der Waals surface area contributed by atoms with Gasteiger partial charge in [0.05, 0.1) is 5.56 Å². The van der Waals surface area contributed by atoms with Crippen molar-refractivity contribution in [2.24, 2.45) is 5.92 Å². The van der Waals surface area contributed by atoms with Gasteiger partial charge >= 0.3 is 0 Å². The molecule has 1 atom stereocenters. The van der Waals surface area contributed by atoms with Crippen LogP contribution >= 0.6 is 0 Å². The average Bonchev–Trinajstić information content (AvgIpc) is 2.29. The summed E-state index contributed by atoms with van der Waals surface area (Å²) in [5.41, 5.74) is 1.05. The van der Waals surface area contributed by atoms with Gasteiger partial charge in [0, 0.05) is 13.1 Å². The van der Waals surface area contributed by atoms with E-state index in [1.807, 2.05) is 13.8 Å². The van der Waals surface area contributed by atoms with Crippen LogP contribution in [0.1, 0.15) is 43.1 Å². The first-order chi connectivity index (χ1) is 8.32. The SMILES string of the molecule is Cc1ccc(F)c(C(=O)N(C)C(C)CC(C)C)c1. The number of nitrogens with zero attached hydrogens (tertiary/aromatic N) is 1. The molecule has 0 saturated carbocycles. The molecule has 18 heavy (non-hydrogen) atoms. The van der Waals surface area contributed by atoms with Crippen LogP contribution < -0.4 is 0 Å². The number of hydrogen-bond acceptors (Lipinski definition) is 1. The zero-order valence-corrected chi connectivity index (χ0v) is 11.8. The highest BCUT2D eigenvalue weighted by Gasteiger charge is 2.21. The maximum atomic E-state index is 13.7. The first kappa shape index (κ1) is 14.7. The lowest BCUT2D eigenvalue weighted by atomic mass is 10.0. The Hall–Kier alpha value is -1.38. The summed E-state index contributed by atoms with van der Waals surface area (Å²) < 4.78 is 13.7. The molecule has 0 aliphatic heterocycles. The molecular weight excluding hydrogens is 229 g/mol. The Morgan fingerprint density at radius 1 is 1.33 bits per heavy atom. The largest absolute Gasteiger partial charge is 0.339 e. The van der Waals surface area contributed by atoms with Gasteiger partial charge in [-0.3, -0.25) is 4.79 Å². The molecule has 1 aromatic carbocycles. The van der Waals surface area contributed by atoms with Crippen molar-refractivity contribution < 1.29 is 9.18 Å². The fraction of sp³-hybridized carbons (Fsp3) is 0.533. The van der Waals surface area contributed by atoms with Crippen LogP contribution in [0.2, 0.25) is 0 Å². The Bertz CT molecular complexity index is 429. The molecule has 1 unspecified atom stereocenters. The van der Waals surface area contributed by atoms with E-state index in [-0.39, 0.29) is 17.5 Å². The van der Waals surface area contributed by atoms with Gasteiger partial charge in [-0.05, 0) is 38.3 Å². The first-order valence-electron chi connectivity index (χ1n) is 6.36. The number of carbonyl (C=O) groups is 1. The van der Waals surface area contributed by atoms with Gasteiger partial charge in [-0.1, -0.05) is 25.5 Å². The molecular formula is C15H22FNO. The summed E-state index contributed by atoms with van der Waals surface area (Å²) in [6.07, 6.45) is 0.912. The lowest BCUT2D eigenvalue weighted by Gasteiger charge is -2.26. The van der Waals surface area contributed by atoms with Crippen LogP contribution in [0.15, 0.2) is 18.2 Å². The second kappa shape index (κ2) is 5.98. The van der Waals surface area contributed by atoms with Crippen LogP contribution in [0.25, 0.3) is 0 Å². The summed E-state index contributed by atoms with van der Waals surface area (Å²) in [7, 11) is 1.73. The Kier molecular flexibility index (Phi) is 4.88. The van der Waals surface area contributed by atoms with Crippen LogP contribution in [0.5, 0.6) is 0 Å². The van der Waals surface area contributed by atoms with Crippen molar-refractivity contribution in [3.8, 4) is 0 Å². The van der Waals surface area contributed by atoms with Crippen LogP contribution in [0.4, 0.5) is 4.39 Å². The highest BCUT2D eigenvalue weighted by Crippen LogP contribution is 2.16. The van der Waals surface area contributed by atoms with E-state index in [0.29, 0.717) is 5.92 Å². The third-order valence-corrected chi connectivity index (χ3v) is 3.15. The molecule has 3 heteroatoms. The molecule has 1 aromatic rings. The van der Waals surface area contributed by atoms with Gasteiger partial charge in [-0.2, -0.15) is 0 Å². The molecule has 100 valence electrons. The second-order valence-corrected chi connectivity index (χ2v) is 5.38. The maximum Gasteiger partial charge on any atom is 0.256 e. The lowest BCUT2D eigenvalue weighted by molar-refractivity contribution is 0.0723. The van der Waals surface area contributed by atoms with Crippen molar-refractivity contribution in [2.75, 3.05) is 7.05 Å². The minimum absolute atomic E-state index is 0.109. The average molecular weight is 251 g/mol. The van der Waals surface area contributed by atoms with Crippen molar-refractivity contribution in [2.45, 2.75) is 40.2 Å². The molecule has 2 nitrogen and oxygen atoms in total. The summed E-state index contributed by atoms with van der Waals surface area (Å²) in [6, 6.07) is 4.74. The Labute approximate surface area is 109 Å². The maximum absolute atomic E-state index is 13.7. The van der Waals surface area contributed by atoms with E-state index in [0.717, 1.165) is 12.0 Å². The van der Waals surface area contributed by atoms with E-state index in [1.165, 1.54) is 6.07 Å². The van der Waals surface area contributed by atoms with Crippen LogP contribution in [-0.2, 0) is 0 Å². The van der Waals surface area contributed by atoms with Gasteiger partial charge in [0.2, 0.25) is 0 Å². The summed E-state index contributed by atoms with van der Waals surface area (Å²) in [6.45, 7) is 8.07. The van der Waals surface area contributed by atoms with Crippen LogP contribution in [0, 0.1) is 18.7 Å². The predicted molar refractivity (Wildman–Crippen MR) is 72.1 cm³/mol. The number of hydrogen-bond donors (Lipinski definition) is 0. The third-order valence-electron chi connectivity index (χ3n) is 3.15. The van der Waals surface area contributed by atoms with Crippen molar-refractivity contribution in [3.63, 3.8) is 0 Å². The smallest absolute Gasteiger partial charge is 0.256 e. The van der Waals surface area contributed by atoms with Gasteiger partial charge in [0.25, 0.3) is 5.91 Å². The fourth-order valence-corrected chi connectivity index (χ4v) is 2.03. The Morgan fingerprint density at radius 3 is 2.50 bits per heavy atom. The van der Waals surface area contributed by atoms with Crippen molar-refractivity contribution in [3.05, 3.63) is 35.1 Å². The number of halogens is 1. The van der Waals surface area contributed by atoms with Crippen molar-refractivity contribution in [1.82, 2.24) is 4.90 Å². The molecule has 0 spiro atoms. The van der Waals surface area contributed by atoms with Gasteiger partial charge in [-0.25, -0.2) is 4.39 Å². The fourth-order valence-electron chi connectivity index (χ4n) is 2.03. The van der Waals surface area contributed by atoms with E-state index in [9.17, 15) is 9.18 Å². The van der Waals surface area contributed by atoms with Gasteiger partial charge in [0.1, 0.15) is 5.82 Å². The van der Waals surface area contributed by atoms with Crippen LogP contribution in [0.3, 0.4) is 0 Å². The van der Waals surface area contributed by atoms with E-state index < -0.39 is 5.82 Å². The molecule has 0 radical (unpaired) electrons. The molecule has 1 amide bonds. The number of benzene rings is 1. The van der Waals surface area contributed by atoms with Gasteiger partial charge in [0.15, 0.2) is 0 Å². The predicted octanol–water partition coefficient (Wildman–Crippen LogP) is 3.64. The summed E-state index contributed by atoms with van der Waals surface area (Å²) in [4.78, 5) is 13.8. The zero-order valence-electron chi connectivity index (χ0n) is 11.8. The number of rotatable bonds is 4. The Balaban J connectivity index is 2.89. The molecule has 0 aliphatic carbocycles. The van der Waals surface area contributed by atoms with Crippen molar-refractivity contribution in [1.29, 1.82) is 0 Å². The topological polar surface area (TPSA) is 20.3 Å². The molecule has 0 saturated heterocycles. The number of amides is 1. The summed E-state index contributed by atoms with van der Waals surface area (Å²) in [5, 5.41) is 0. The highest BCUT2D eigenvalue weighted by atomic mass is 19.1. The van der Waals surface area contributed by atoms with Crippen molar-refractivity contribution >= 4 is 5.91 Å². The van der Waals surface area contributed by atoms with E-state index >= 15 is 0 Å². The molecule has 0 fully saturated rings. The molecule has 0 N–H and O–H groups in total. The second-order valence-electron chi connectivity index (χ2n) is 5.38. The van der Waals surface area contributed by atoms with Crippen LogP contribution in [-0.4, -0.2) is 23.9 Å². The third kappa shape index (κ3) is 3.56. The molecule has 0 bridgehead atoms. The van der Waals surface area contributed by atoms with E-state index in [4.69, 9.17) is 0 Å². The molecule has 0 aromatic heterocycles. The quantitative estimate of drug-likeness (QED) is 0.800. The van der Waals surface area contributed by atoms with E-state index in [2.05, 4.69) is 13.8 Å². The number of carbonyl (C=O) groups excluding carboxylic acids is 1. The minimum Gasteiger partial charge on any atom is -0.339 e. The standard InChI is InChI=1S/C15H22FNO/c1-10(2)8-12(4)17(5)15(18)13-9-11(3)6-7-14(13)16/h6-7,9-10,12H,8H2,1-5H3. The number of aryl methyl sites for hydroxylation is 1. The normalized spacial score (nSPS) is 12.6. The zero-order chi connectivity index (χ0) is 13.9. The summed E-state index contributed by atoms with van der Waals surface area (Å²) in [5.74, 6) is -0.184. The summed E-state index contributed by atoms with van der Waals surface area (Å²) >= 11 is 0. The molecule has 1 rings (SSSR count). The molecule has 0 aliphatic rings.